The molecule has 2 aromatic heterocycles. The Morgan fingerprint density at radius 1 is 0.415 bits per heavy atom. The second kappa shape index (κ2) is 16.9. The molecular formula is C75H69BN4S2. The van der Waals surface area contributed by atoms with E-state index in [2.05, 4.69) is 251 Å². The molecule has 82 heavy (non-hydrogen) atoms. The Labute approximate surface area is 491 Å². The van der Waals surface area contributed by atoms with Crippen LogP contribution in [-0.4, -0.2) is 17.8 Å². The number of hydrogen-bond donors (Lipinski definition) is 0. The molecule has 0 amide bonds. The lowest BCUT2D eigenvalue weighted by Gasteiger charge is -2.51. The Balaban J connectivity index is 0.962. The van der Waals surface area contributed by atoms with Crippen molar-refractivity contribution >= 4 is 143 Å². The summed E-state index contributed by atoms with van der Waals surface area (Å²) in [5.74, 6) is 0. The van der Waals surface area contributed by atoms with Crippen LogP contribution in [0.1, 0.15) is 122 Å². The van der Waals surface area contributed by atoms with Crippen molar-refractivity contribution in [1.82, 2.24) is 0 Å². The first-order valence-corrected chi connectivity index (χ1v) is 32.0. The van der Waals surface area contributed by atoms with E-state index >= 15 is 0 Å². The maximum absolute atomic E-state index is 2.81. The van der Waals surface area contributed by atoms with Crippen molar-refractivity contribution in [2.24, 2.45) is 0 Å². The van der Waals surface area contributed by atoms with Crippen molar-refractivity contribution in [3.63, 3.8) is 0 Å². The number of hydrogen-bond acceptors (Lipinski definition) is 6. The molecule has 2 saturated carbocycles. The summed E-state index contributed by atoms with van der Waals surface area (Å²) in [4.78, 5) is 11.0. The van der Waals surface area contributed by atoms with Gasteiger partial charge in [0.2, 0.25) is 0 Å². The van der Waals surface area contributed by atoms with Crippen LogP contribution in [0.4, 0.5) is 56.9 Å². The van der Waals surface area contributed by atoms with Crippen molar-refractivity contribution < 1.29 is 0 Å². The summed E-state index contributed by atoms with van der Waals surface area (Å²) in [7, 11) is 0. The summed E-state index contributed by atoms with van der Waals surface area (Å²) in [6, 6.07) is 69.6. The van der Waals surface area contributed by atoms with E-state index in [0.29, 0.717) is 0 Å². The molecule has 0 spiro atoms. The molecule has 0 radical (unpaired) electrons. The molecule has 0 bridgehead atoms. The van der Waals surface area contributed by atoms with Crippen LogP contribution in [0.15, 0.2) is 176 Å². The van der Waals surface area contributed by atoms with Gasteiger partial charge in [-0.2, -0.15) is 0 Å². The van der Waals surface area contributed by atoms with Crippen LogP contribution in [0.2, 0.25) is 0 Å². The third-order valence-corrected chi connectivity index (χ3v) is 24.2. The van der Waals surface area contributed by atoms with E-state index in [9.17, 15) is 0 Å². The van der Waals surface area contributed by atoms with E-state index in [1.54, 1.807) is 0 Å². The first-order valence-electron chi connectivity index (χ1n) is 30.4. The highest BCUT2D eigenvalue weighted by Crippen LogP contribution is 2.64. The van der Waals surface area contributed by atoms with Crippen LogP contribution >= 0.6 is 22.7 Å². The van der Waals surface area contributed by atoms with Gasteiger partial charge in [0.1, 0.15) is 0 Å². The lowest BCUT2D eigenvalue weighted by Crippen LogP contribution is -2.61. The molecule has 4 aliphatic heterocycles. The van der Waals surface area contributed by atoms with Gasteiger partial charge in [-0.15, -0.1) is 22.7 Å². The lowest BCUT2D eigenvalue weighted by molar-refractivity contribution is 0.195. The van der Waals surface area contributed by atoms with Crippen LogP contribution in [-0.2, 0) is 16.2 Å². The zero-order valence-corrected chi connectivity index (χ0v) is 50.2. The molecule has 6 heterocycles. The number of fused-ring (bicyclic) bond motifs is 16. The van der Waals surface area contributed by atoms with E-state index in [4.69, 9.17) is 0 Å². The number of rotatable bonds is 4. The van der Waals surface area contributed by atoms with E-state index in [0.717, 1.165) is 12.8 Å². The molecule has 4 unspecified atom stereocenters. The topological polar surface area (TPSA) is 13.0 Å². The van der Waals surface area contributed by atoms with Gasteiger partial charge in [-0.05, 0) is 175 Å². The fourth-order valence-electron chi connectivity index (χ4n) is 17.5. The first kappa shape index (κ1) is 49.3. The lowest BCUT2D eigenvalue weighted by atomic mass is 9.33. The van der Waals surface area contributed by atoms with E-state index in [1.165, 1.54) is 174 Å². The van der Waals surface area contributed by atoms with Crippen molar-refractivity contribution in [3.8, 4) is 0 Å². The quantitative estimate of drug-likeness (QED) is 0.163. The van der Waals surface area contributed by atoms with Crippen molar-refractivity contribution in [3.05, 3.63) is 198 Å². The second-order valence-electron chi connectivity index (χ2n) is 27.1. The SMILES string of the molecule is Cc1cc2c3c(c1)N(c1cccc4sc5ccccc5c14)c1cc(N4c5ccc(C(C)(C)C)cc5C5(C)CCCCC45C)ccc1B3c1ccc(N3c4ccccc4C4(C)CCCCC34C)cc1N2c1cccc2sc3ccccc3c12. The zero-order chi connectivity index (χ0) is 55.4. The average molecular weight is 1100 g/mol. The Hall–Kier alpha value is -7.32. The Morgan fingerprint density at radius 3 is 1.43 bits per heavy atom. The summed E-state index contributed by atoms with van der Waals surface area (Å²) < 4.78 is 5.27. The average Bonchev–Trinajstić information content (AvgIpc) is 3.37. The molecule has 9 aromatic carbocycles. The summed E-state index contributed by atoms with van der Waals surface area (Å²) in [5, 5.41) is 5.27. The molecular weight excluding hydrogens is 1030 g/mol. The molecule has 0 N–H and O–H groups in total. The first-order chi connectivity index (χ1) is 39.7. The van der Waals surface area contributed by atoms with Gasteiger partial charge in [0.15, 0.2) is 0 Å². The van der Waals surface area contributed by atoms with Gasteiger partial charge in [0, 0.05) is 96.7 Å². The zero-order valence-electron chi connectivity index (χ0n) is 48.6. The number of anilines is 10. The third kappa shape index (κ3) is 6.34. The highest BCUT2D eigenvalue weighted by atomic mass is 32.1. The number of aryl methyl sites for hydroxylation is 1. The molecule has 4 nitrogen and oxygen atoms in total. The third-order valence-electron chi connectivity index (χ3n) is 21.9. The van der Waals surface area contributed by atoms with Gasteiger partial charge in [-0.25, -0.2) is 0 Å². The summed E-state index contributed by atoms with van der Waals surface area (Å²) in [6.07, 6.45) is 9.68. The van der Waals surface area contributed by atoms with Gasteiger partial charge in [-0.1, -0.05) is 151 Å². The van der Waals surface area contributed by atoms with E-state index < -0.39 is 0 Å². The highest BCUT2D eigenvalue weighted by molar-refractivity contribution is 7.26. The monoisotopic (exact) mass is 1100 g/mol. The van der Waals surface area contributed by atoms with Crippen molar-refractivity contribution in [2.45, 2.75) is 134 Å². The Morgan fingerprint density at radius 2 is 0.878 bits per heavy atom. The van der Waals surface area contributed by atoms with Gasteiger partial charge in [0.05, 0.1) is 22.5 Å². The summed E-state index contributed by atoms with van der Waals surface area (Å²) >= 11 is 3.83. The maximum atomic E-state index is 2.81. The molecule has 2 aliphatic carbocycles. The Bertz CT molecular complexity index is 4560. The van der Waals surface area contributed by atoms with Crippen molar-refractivity contribution in [2.75, 3.05) is 19.6 Å². The van der Waals surface area contributed by atoms with Crippen LogP contribution in [0.25, 0.3) is 40.3 Å². The van der Waals surface area contributed by atoms with Gasteiger partial charge < -0.3 is 19.6 Å². The van der Waals surface area contributed by atoms with E-state index in [-0.39, 0.29) is 34.0 Å². The van der Waals surface area contributed by atoms with Crippen LogP contribution in [0.5, 0.6) is 0 Å². The molecule has 4 atom stereocenters. The molecule has 11 aromatic rings. The number of para-hydroxylation sites is 1. The van der Waals surface area contributed by atoms with Crippen LogP contribution in [0, 0.1) is 6.92 Å². The molecule has 0 saturated heterocycles. The van der Waals surface area contributed by atoms with Crippen LogP contribution in [0.3, 0.4) is 0 Å². The minimum absolute atomic E-state index is 0.000663. The smallest absolute Gasteiger partial charge is 0.252 e. The molecule has 2 fully saturated rings. The summed E-state index contributed by atoms with van der Waals surface area (Å²) in [5.41, 5.74) is 22.5. The van der Waals surface area contributed by atoms with Gasteiger partial charge >= 0.3 is 0 Å². The van der Waals surface area contributed by atoms with Crippen molar-refractivity contribution in [1.29, 1.82) is 0 Å². The number of benzene rings is 9. The largest absolute Gasteiger partial charge is 0.334 e. The molecule has 404 valence electrons. The number of thiophene rings is 2. The number of nitrogens with zero attached hydrogens (tertiary/aromatic N) is 4. The fraction of sp³-hybridized carbons (Fsp3) is 0.280. The predicted octanol–water partition coefficient (Wildman–Crippen LogP) is 19.6. The highest BCUT2D eigenvalue weighted by Gasteiger charge is 2.60. The van der Waals surface area contributed by atoms with Gasteiger partial charge in [-0.3, -0.25) is 0 Å². The fourth-order valence-corrected chi connectivity index (χ4v) is 19.7. The Kier molecular flexibility index (Phi) is 10.2. The summed E-state index contributed by atoms with van der Waals surface area (Å²) in [6.45, 7) is 19.7. The van der Waals surface area contributed by atoms with Crippen LogP contribution < -0.4 is 36.0 Å². The molecule has 7 heteroatoms. The second-order valence-corrected chi connectivity index (χ2v) is 29.3. The minimum atomic E-state index is -0.108. The standard InChI is InChI=1S/C75H69BN4S2/c1-46-41-62-70-63(42-46)78(59-26-20-30-67-69(59)51-22-10-14-28-65(51)82-67)61-45-49(80-57-36-31-47(71(2,3)4)43-53(57)73(6)38-16-18-40-75(73,80)8)33-35-55(61)76(70)54-34-32-48(79-56-24-12-11-23-52(56)72(5)37-15-17-39-74(72,79)7)44-60(54)77(62)58-25-19-29-66-68(58)50-21-9-13-27-64(50)81-66/h9-14,19-36,41-45H,15-18,37-40H2,1-8H3. The maximum Gasteiger partial charge on any atom is 0.252 e. The minimum Gasteiger partial charge on any atom is -0.334 e. The molecule has 17 rings (SSSR count). The van der Waals surface area contributed by atoms with Gasteiger partial charge in [0.25, 0.3) is 6.71 Å². The predicted molar refractivity (Wildman–Crippen MR) is 355 cm³/mol. The molecule has 6 aliphatic rings. The van der Waals surface area contributed by atoms with E-state index in [1.807, 2.05) is 22.7 Å². The normalized spacial score (nSPS) is 23.3.